The zero-order chi connectivity index (χ0) is 12.6. The predicted octanol–water partition coefficient (Wildman–Crippen LogP) is 1.86. The Balaban J connectivity index is 1.85. The molecule has 0 bridgehead atoms. The van der Waals surface area contributed by atoms with E-state index in [1.54, 1.807) is 0 Å². The quantitative estimate of drug-likeness (QED) is 0.839. The molecule has 0 spiro atoms. The van der Waals surface area contributed by atoms with Gasteiger partial charge in [-0.05, 0) is 39.8 Å². The van der Waals surface area contributed by atoms with Gasteiger partial charge in [0.25, 0.3) is 0 Å². The van der Waals surface area contributed by atoms with Crippen LogP contribution < -0.4 is 5.32 Å². The van der Waals surface area contributed by atoms with Gasteiger partial charge in [-0.25, -0.2) is 4.98 Å². The van der Waals surface area contributed by atoms with Crippen molar-refractivity contribution in [3.8, 4) is 0 Å². The van der Waals surface area contributed by atoms with Crippen molar-refractivity contribution in [1.82, 2.24) is 20.2 Å². The highest BCUT2D eigenvalue weighted by atomic mass is 15.2. The zero-order valence-electron chi connectivity index (χ0n) is 11.5. The minimum absolute atomic E-state index is 0.144. The summed E-state index contributed by atoms with van der Waals surface area (Å²) in [7, 11) is 0. The maximum Gasteiger partial charge on any atom is 0.0925 e. The van der Waals surface area contributed by atoms with Gasteiger partial charge in [0.15, 0.2) is 0 Å². The molecule has 0 aromatic carbocycles. The minimum atomic E-state index is 0.144. The van der Waals surface area contributed by atoms with Crippen molar-refractivity contribution in [2.24, 2.45) is 0 Å². The highest BCUT2D eigenvalue weighted by Crippen LogP contribution is 2.35. The maximum atomic E-state index is 4.55. The van der Waals surface area contributed by atoms with Gasteiger partial charge in [-0.3, -0.25) is 4.90 Å². The molecule has 1 unspecified atom stereocenters. The Morgan fingerprint density at radius 2 is 2.06 bits per heavy atom. The van der Waals surface area contributed by atoms with Crippen LogP contribution >= 0.6 is 0 Å². The number of fused-ring (bicyclic) bond motifs is 1. The fraction of sp³-hybridized carbons (Fsp3) is 0.786. The molecule has 4 heteroatoms. The van der Waals surface area contributed by atoms with E-state index < -0.39 is 0 Å². The molecule has 0 radical (unpaired) electrons. The van der Waals surface area contributed by atoms with Crippen LogP contribution in [0.25, 0.3) is 0 Å². The van der Waals surface area contributed by atoms with Gasteiger partial charge in [0.05, 0.1) is 18.1 Å². The molecular weight excluding hydrogens is 224 g/mol. The second-order valence-corrected chi connectivity index (χ2v) is 6.10. The Bertz CT molecular complexity index is 404. The second-order valence-electron chi connectivity index (χ2n) is 6.10. The zero-order valence-corrected chi connectivity index (χ0v) is 11.5. The number of hydrogen-bond acceptors (Lipinski definition) is 3. The molecule has 0 saturated carbocycles. The molecule has 1 saturated heterocycles. The third-order valence-corrected chi connectivity index (χ3v) is 4.63. The lowest BCUT2D eigenvalue weighted by Crippen LogP contribution is -2.55. The molecule has 100 valence electrons. The van der Waals surface area contributed by atoms with Crippen molar-refractivity contribution >= 4 is 0 Å². The number of aromatic amines is 1. The van der Waals surface area contributed by atoms with E-state index in [9.17, 15) is 0 Å². The van der Waals surface area contributed by atoms with Crippen LogP contribution in [-0.2, 0) is 6.42 Å². The molecule has 0 aliphatic carbocycles. The van der Waals surface area contributed by atoms with Crippen LogP contribution in [0, 0.1) is 0 Å². The number of nitrogens with zero attached hydrogens (tertiary/aromatic N) is 2. The lowest BCUT2D eigenvalue weighted by Gasteiger charge is -2.47. The lowest BCUT2D eigenvalue weighted by atomic mass is 9.85. The first-order valence-corrected chi connectivity index (χ1v) is 7.20. The van der Waals surface area contributed by atoms with E-state index in [-0.39, 0.29) is 5.54 Å². The third kappa shape index (κ3) is 1.97. The highest BCUT2D eigenvalue weighted by molar-refractivity contribution is 5.23. The minimum Gasteiger partial charge on any atom is -0.348 e. The summed E-state index contributed by atoms with van der Waals surface area (Å²) in [6.07, 6.45) is 6.98. The average Bonchev–Trinajstić information content (AvgIpc) is 2.87. The molecule has 0 amide bonds. The number of imidazole rings is 1. The second kappa shape index (κ2) is 4.67. The molecule has 1 atom stereocenters. The van der Waals surface area contributed by atoms with Crippen molar-refractivity contribution in [2.45, 2.75) is 51.1 Å². The molecular formula is C14H24N4. The van der Waals surface area contributed by atoms with Crippen molar-refractivity contribution in [3.63, 3.8) is 0 Å². The SMILES string of the molecule is CC(C)(C1NCCc2[nH]cnc21)N1CCCCC1. The van der Waals surface area contributed by atoms with Crippen LogP contribution in [0.3, 0.4) is 0 Å². The first-order chi connectivity index (χ1) is 8.69. The molecule has 3 heterocycles. The monoisotopic (exact) mass is 248 g/mol. The Morgan fingerprint density at radius 3 is 2.83 bits per heavy atom. The summed E-state index contributed by atoms with van der Waals surface area (Å²) in [5.74, 6) is 0. The summed E-state index contributed by atoms with van der Waals surface area (Å²) < 4.78 is 0. The lowest BCUT2D eigenvalue weighted by molar-refractivity contribution is 0.0573. The Hall–Kier alpha value is -0.870. The summed E-state index contributed by atoms with van der Waals surface area (Å²) in [5, 5.41) is 3.67. The number of nitrogens with one attached hydrogen (secondary N) is 2. The number of likely N-dealkylation sites (tertiary alicyclic amines) is 1. The standard InChI is InChI=1S/C14H24N4/c1-14(2,18-8-4-3-5-9-18)13-12-11(6-7-15-13)16-10-17-12/h10,13,15H,3-9H2,1-2H3,(H,16,17). The molecule has 2 aliphatic rings. The van der Waals surface area contributed by atoms with E-state index in [1.807, 2.05) is 6.33 Å². The Labute approximate surface area is 109 Å². The van der Waals surface area contributed by atoms with Crippen LogP contribution in [0.5, 0.6) is 0 Å². The van der Waals surface area contributed by atoms with Crippen molar-refractivity contribution in [2.75, 3.05) is 19.6 Å². The van der Waals surface area contributed by atoms with Gasteiger partial charge >= 0.3 is 0 Å². The third-order valence-electron chi connectivity index (χ3n) is 4.63. The molecule has 1 aromatic heterocycles. The first-order valence-electron chi connectivity index (χ1n) is 7.20. The number of rotatable bonds is 2. The normalized spacial score (nSPS) is 26.0. The van der Waals surface area contributed by atoms with Crippen LogP contribution in [-0.4, -0.2) is 40.0 Å². The summed E-state index contributed by atoms with van der Waals surface area (Å²) in [4.78, 5) is 10.5. The van der Waals surface area contributed by atoms with Gasteiger partial charge in [-0.1, -0.05) is 6.42 Å². The molecule has 1 aromatic rings. The summed E-state index contributed by atoms with van der Waals surface area (Å²) in [6, 6.07) is 0.352. The average molecular weight is 248 g/mol. The molecule has 2 N–H and O–H groups in total. The highest BCUT2D eigenvalue weighted by Gasteiger charge is 2.40. The molecule has 18 heavy (non-hydrogen) atoms. The molecule has 4 nitrogen and oxygen atoms in total. The molecule has 2 aliphatic heterocycles. The van der Waals surface area contributed by atoms with Gasteiger partial charge in [-0.2, -0.15) is 0 Å². The van der Waals surface area contributed by atoms with Gasteiger partial charge in [0.1, 0.15) is 0 Å². The van der Waals surface area contributed by atoms with Crippen molar-refractivity contribution in [1.29, 1.82) is 0 Å². The fourth-order valence-corrected chi connectivity index (χ4v) is 3.46. The van der Waals surface area contributed by atoms with Crippen molar-refractivity contribution in [3.05, 3.63) is 17.7 Å². The molecule has 3 rings (SSSR count). The van der Waals surface area contributed by atoms with Crippen molar-refractivity contribution < 1.29 is 0 Å². The Kier molecular flexibility index (Phi) is 3.16. The number of H-pyrrole nitrogens is 1. The number of aromatic nitrogens is 2. The smallest absolute Gasteiger partial charge is 0.0925 e. The molecule has 1 fully saturated rings. The van der Waals surface area contributed by atoms with E-state index in [0.29, 0.717) is 6.04 Å². The van der Waals surface area contributed by atoms with Gasteiger partial charge in [-0.15, -0.1) is 0 Å². The maximum absolute atomic E-state index is 4.55. The summed E-state index contributed by atoms with van der Waals surface area (Å²) >= 11 is 0. The van der Waals surface area contributed by atoms with Crippen LogP contribution in [0.4, 0.5) is 0 Å². The van der Waals surface area contributed by atoms with Gasteiger partial charge in [0.2, 0.25) is 0 Å². The van der Waals surface area contributed by atoms with E-state index in [4.69, 9.17) is 0 Å². The van der Waals surface area contributed by atoms with Crippen LogP contribution in [0.15, 0.2) is 6.33 Å². The van der Waals surface area contributed by atoms with Crippen LogP contribution in [0.1, 0.15) is 50.5 Å². The summed E-state index contributed by atoms with van der Waals surface area (Å²) in [5.41, 5.74) is 2.70. The van der Waals surface area contributed by atoms with Gasteiger partial charge in [0, 0.05) is 24.2 Å². The fourth-order valence-electron chi connectivity index (χ4n) is 3.46. The van der Waals surface area contributed by atoms with E-state index in [2.05, 4.69) is 34.0 Å². The van der Waals surface area contributed by atoms with E-state index >= 15 is 0 Å². The largest absolute Gasteiger partial charge is 0.348 e. The topological polar surface area (TPSA) is 44.0 Å². The number of piperidine rings is 1. The number of hydrogen-bond donors (Lipinski definition) is 2. The first kappa shape index (κ1) is 12.2. The van der Waals surface area contributed by atoms with E-state index in [0.717, 1.165) is 13.0 Å². The Morgan fingerprint density at radius 1 is 1.28 bits per heavy atom. The summed E-state index contributed by atoms with van der Waals surface area (Å²) in [6.45, 7) is 8.23. The van der Waals surface area contributed by atoms with Crippen LogP contribution in [0.2, 0.25) is 0 Å². The predicted molar refractivity (Wildman–Crippen MR) is 72.5 cm³/mol. The van der Waals surface area contributed by atoms with Gasteiger partial charge < -0.3 is 10.3 Å². The van der Waals surface area contributed by atoms with E-state index in [1.165, 1.54) is 43.7 Å².